The lowest BCUT2D eigenvalue weighted by molar-refractivity contribution is -0.140. The fraction of sp³-hybridized carbons (Fsp3) is 0.500. The van der Waals surface area contributed by atoms with Gasteiger partial charge < -0.3 is 15.5 Å². The van der Waals surface area contributed by atoms with Crippen LogP contribution >= 0.6 is 0 Å². The Morgan fingerprint density at radius 3 is 2.48 bits per heavy atom. The Morgan fingerprint density at radius 1 is 1.24 bits per heavy atom. The van der Waals surface area contributed by atoms with Crippen molar-refractivity contribution < 1.29 is 19.8 Å². The molecular weight excluding hydrogens is 270 g/mol. The minimum Gasteiger partial charge on any atom is -0.506 e. The number of nitrogens with one attached hydrogen (secondary N) is 1. The van der Waals surface area contributed by atoms with Crippen LogP contribution in [0, 0.1) is 12.3 Å². The highest BCUT2D eigenvalue weighted by molar-refractivity contribution is 5.93. The van der Waals surface area contributed by atoms with E-state index in [4.69, 9.17) is 5.11 Å². The van der Waals surface area contributed by atoms with Gasteiger partial charge in [-0.3, -0.25) is 9.59 Å². The molecule has 0 spiro atoms. The number of aromatic hydroxyl groups is 1. The molecule has 1 amide bonds. The second-order valence-electron chi connectivity index (χ2n) is 6.02. The molecule has 0 aromatic heterocycles. The van der Waals surface area contributed by atoms with Gasteiger partial charge in [0.1, 0.15) is 5.75 Å². The fourth-order valence-electron chi connectivity index (χ4n) is 3.14. The number of carboxylic acid groups (broad SMARTS) is 1. The number of amides is 1. The molecule has 1 aliphatic carbocycles. The van der Waals surface area contributed by atoms with E-state index in [0.717, 1.165) is 31.2 Å². The zero-order chi connectivity index (χ0) is 15.5. The number of carboxylic acids is 1. The third kappa shape index (κ3) is 3.97. The van der Waals surface area contributed by atoms with Crippen molar-refractivity contribution in [2.24, 2.45) is 5.41 Å². The molecule has 0 bridgehead atoms. The number of rotatable bonds is 5. The number of phenolic OH excluding ortho intramolecular Hbond substituents is 1. The summed E-state index contributed by atoms with van der Waals surface area (Å²) in [5.41, 5.74) is 0.841. The zero-order valence-electron chi connectivity index (χ0n) is 12.2. The van der Waals surface area contributed by atoms with Crippen LogP contribution in [0.1, 0.15) is 44.1 Å². The molecule has 1 fully saturated rings. The number of phenols is 1. The van der Waals surface area contributed by atoms with Crippen LogP contribution < -0.4 is 5.32 Å². The minimum absolute atomic E-state index is 0.0281. The van der Waals surface area contributed by atoms with E-state index in [1.165, 1.54) is 0 Å². The van der Waals surface area contributed by atoms with Crippen LogP contribution in [0.4, 0.5) is 5.69 Å². The van der Waals surface area contributed by atoms with Gasteiger partial charge in [0.05, 0.1) is 12.1 Å². The number of aliphatic carboxylic acids is 1. The first kappa shape index (κ1) is 15.4. The lowest BCUT2D eigenvalue weighted by Crippen LogP contribution is -2.27. The number of carbonyl (C=O) groups excluding carboxylic acids is 1. The predicted octanol–water partition coefficient (Wildman–Crippen LogP) is 3.06. The Bertz CT molecular complexity index is 547. The number of hydrogen-bond acceptors (Lipinski definition) is 3. The molecule has 114 valence electrons. The first-order chi connectivity index (χ1) is 9.90. The Kier molecular flexibility index (Phi) is 4.50. The van der Waals surface area contributed by atoms with Crippen molar-refractivity contribution in [1.29, 1.82) is 0 Å². The molecule has 0 saturated heterocycles. The Morgan fingerprint density at radius 2 is 1.90 bits per heavy atom. The molecule has 5 heteroatoms. The molecule has 0 unspecified atom stereocenters. The molecule has 0 heterocycles. The van der Waals surface area contributed by atoms with Crippen molar-refractivity contribution in [3.8, 4) is 5.75 Å². The smallest absolute Gasteiger partial charge is 0.303 e. The molecule has 1 aliphatic rings. The predicted molar refractivity (Wildman–Crippen MR) is 79.2 cm³/mol. The highest BCUT2D eigenvalue weighted by Gasteiger charge is 2.38. The molecule has 1 saturated carbocycles. The summed E-state index contributed by atoms with van der Waals surface area (Å²) in [6.07, 6.45) is 3.69. The first-order valence-corrected chi connectivity index (χ1v) is 7.21. The van der Waals surface area contributed by atoms with E-state index in [9.17, 15) is 14.7 Å². The van der Waals surface area contributed by atoms with Gasteiger partial charge in [0.15, 0.2) is 0 Å². The summed E-state index contributed by atoms with van der Waals surface area (Å²) < 4.78 is 0. The summed E-state index contributed by atoms with van der Waals surface area (Å²) in [7, 11) is 0. The van der Waals surface area contributed by atoms with E-state index in [-0.39, 0.29) is 24.5 Å². The lowest BCUT2D eigenvalue weighted by atomic mass is 9.79. The van der Waals surface area contributed by atoms with Crippen LogP contribution in [-0.4, -0.2) is 22.1 Å². The van der Waals surface area contributed by atoms with Gasteiger partial charge in [0, 0.05) is 6.42 Å². The van der Waals surface area contributed by atoms with Gasteiger partial charge in [-0.2, -0.15) is 0 Å². The Balaban J connectivity index is 2.04. The molecule has 1 aromatic rings. The minimum atomic E-state index is -0.858. The second-order valence-corrected chi connectivity index (χ2v) is 6.02. The molecule has 3 N–H and O–H groups in total. The van der Waals surface area contributed by atoms with Gasteiger partial charge in [-0.1, -0.05) is 18.9 Å². The van der Waals surface area contributed by atoms with Crippen molar-refractivity contribution in [3.05, 3.63) is 23.8 Å². The van der Waals surface area contributed by atoms with E-state index in [1.807, 2.05) is 6.92 Å². The van der Waals surface area contributed by atoms with Crippen LogP contribution in [0.2, 0.25) is 0 Å². The number of aryl methyl sites for hydroxylation is 1. The van der Waals surface area contributed by atoms with Gasteiger partial charge in [0.2, 0.25) is 5.91 Å². The molecule has 1 aromatic carbocycles. The van der Waals surface area contributed by atoms with Crippen LogP contribution in [0.5, 0.6) is 5.75 Å². The third-order valence-electron chi connectivity index (χ3n) is 4.15. The summed E-state index contributed by atoms with van der Waals surface area (Å²) in [6.45, 7) is 1.85. The monoisotopic (exact) mass is 291 g/mol. The third-order valence-corrected chi connectivity index (χ3v) is 4.15. The SMILES string of the molecule is Cc1ccc(NC(=O)CC2(CC(=O)O)CCCC2)c(O)c1. The lowest BCUT2D eigenvalue weighted by Gasteiger charge is -2.26. The standard InChI is InChI=1S/C16H21NO4/c1-11-4-5-12(13(18)8-11)17-14(19)9-16(10-15(20)21)6-2-3-7-16/h4-5,8,18H,2-3,6-7,9-10H2,1H3,(H,17,19)(H,20,21). The summed E-state index contributed by atoms with van der Waals surface area (Å²) in [6, 6.07) is 5.04. The van der Waals surface area contributed by atoms with Crippen LogP contribution in [0.15, 0.2) is 18.2 Å². The average molecular weight is 291 g/mol. The van der Waals surface area contributed by atoms with Crippen LogP contribution in [0.3, 0.4) is 0 Å². The Labute approximate surface area is 124 Å². The van der Waals surface area contributed by atoms with E-state index in [2.05, 4.69) is 5.32 Å². The van der Waals surface area contributed by atoms with E-state index < -0.39 is 11.4 Å². The van der Waals surface area contributed by atoms with Gasteiger partial charge in [-0.15, -0.1) is 0 Å². The van der Waals surface area contributed by atoms with Crippen molar-refractivity contribution in [2.45, 2.75) is 45.4 Å². The quantitative estimate of drug-likeness (QED) is 0.728. The first-order valence-electron chi connectivity index (χ1n) is 7.21. The topological polar surface area (TPSA) is 86.6 Å². The molecule has 2 rings (SSSR count). The number of carbonyl (C=O) groups is 2. The summed E-state index contributed by atoms with van der Waals surface area (Å²) >= 11 is 0. The highest BCUT2D eigenvalue weighted by Crippen LogP contribution is 2.44. The number of benzene rings is 1. The zero-order valence-corrected chi connectivity index (χ0v) is 12.2. The maximum atomic E-state index is 12.2. The van der Waals surface area contributed by atoms with Gasteiger partial charge in [-0.05, 0) is 42.9 Å². The van der Waals surface area contributed by atoms with E-state index in [0.29, 0.717) is 5.69 Å². The van der Waals surface area contributed by atoms with Crippen molar-refractivity contribution in [1.82, 2.24) is 0 Å². The fourth-order valence-corrected chi connectivity index (χ4v) is 3.14. The number of hydrogen-bond donors (Lipinski definition) is 3. The summed E-state index contributed by atoms with van der Waals surface area (Å²) in [4.78, 5) is 23.2. The van der Waals surface area contributed by atoms with E-state index in [1.54, 1.807) is 18.2 Å². The molecular formula is C16H21NO4. The normalized spacial score (nSPS) is 16.6. The van der Waals surface area contributed by atoms with Crippen molar-refractivity contribution in [2.75, 3.05) is 5.32 Å². The molecule has 5 nitrogen and oxygen atoms in total. The number of anilines is 1. The van der Waals surface area contributed by atoms with E-state index >= 15 is 0 Å². The van der Waals surface area contributed by atoms with Gasteiger partial charge in [0.25, 0.3) is 0 Å². The molecule has 0 radical (unpaired) electrons. The van der Waals surface area contributed by atoms with Gasteiger partial charge in [-0.25, -0.2) is 0 Å². The van der Waals surface area contributed by atoms with Crippen molar-refractivity contribution >= 4 is 17.6 Å². The second kappa shape index (κ2) is 6.16. The van der Waals surface area contributed by atoms with Crippen molar-refractivity contribution in [3.63, 3.8) is 0 Å². The highest BCUT2D eigenvalue weighted by atomic mass is 16.4. The molecule has 0 atom stereocenters. The maximum absolute atomic E-state index is 12.2. The average Bonchev–Trinajstić information content (AvgIpc) is 2.80. The summed E-state index contributed by atoms with van der Waals surface area (Å²) in [5.74, 6) is -1.07. The summed E-state index contributed by atoms with van der Waals surface area (Å²) in [5, 5.41) is 21.5. The molecule has 0 aliphatic heterocycles. The largest absolute Gasteiger partial charge is 0.506 e. The van der Waals surface area contributed by atoms with Crippen LogP contribution in [-0.2, 0) is 9.59 Å². The van der Waals surface area contributed by atoms with Gasteiger partial charge >= 0.3 is 5.97 Å². The Hall–Kier alpha value is -2.04. The molecule has 21 heavy (non-hydrogen) atoms. The van der Waals surface area contributed by atoms with Crippen LogP contribution in [0.25, 0.3) is 0 Å². The maximum Gasteiger partial charge on any atom is 0.303 e.